The summed E-state index contributed by atoms with van der Waals surface area (Å²) in [7, 11) is 0. The molecule has 0 bridgehead atoms. The molecule has 0 spiro atoms. The summed E-state index contributed by atoms with van der Waals surface area (Å²) in [4.78, 5) is 14.3. The summed E-state index contributed by atoms with van der Waals surface area (Å²) in [6.45, 7) is 7.36. The third-order valence-corrected chi connectivity index (χ3v) is 3.41. The Morgan fingerprint density at radius 1 is 1.41 bits per heavy atom. The van der Waals surface area contributed by atoms with Gasteiger partial charge in [-0.05, 0) is 32.9 Å². The lowest BCUT2D eigenvalue weighted by atomic mass is 10.1. The molecule has 92 valence electrons. The quantitative estimate of drug-likeness (QED) is 0.744. The fourth-order valence-corrected chi connectivity index (χ4v) is 2.16. The van der Waals surface area contributed by atoms with Crippen molar-refractivity contribution >= 4 is 5.91 Å². The highest BCUT2D eigenvalue weighted by Crippen LogP contribution is 2.17. The van der Waals surface area contributed by atoms with Crippen molar-refractivity contribution in [3.63, 3.8) is 0 Å². The van der Waals surface area contributed by atoms with Gasteiger partial charge in [-0.15, -0.1) is 0 Å². The Labute approximate surface area is 102 Å². The fourth-order valence-electron chi connectivity index (χ4n) is 2.16. The maximum atomic E-state index is 12.4. The molecular weight excluding hydrogens is 214 g/mol. The summed E-state index contributed by atoms with van der Waals surface area (Å²) in [5, 5.41) is 0. The molecule has 2 atom stereocenters. The van der Waals surface area contributed by atoms with Crippen LogP contribution in [0.25, 0.3) is 0 Å². The summed E-state index contributed by atoms with van der Waals surface area (Å²) < 4.78 is 5.54. The van der Waals surface area contributed by atoms with Gasteiger partial charge in [0.15, 0.2) is 0 Å². The number of ether oxygens (including phenoxy) is 1. The maximum Gasteiger partial charge on any atom is 0.254 e. The van der Waals surface area contributed by atoms with E-state index in [9.17, 15) is 4.79 Å². The molecule has 2 unspecified atom stereocenters. The van der Waals surface area contributed by atoms with Gasteiger partial charge in [0.25, 0.3) is 5.91 Å². The zero-order chi connectivity index (χ0) is 12.4. The van der Waals surface area contributed by atoms with Gasteiger partial charge in [-0.25, -0.2) is 0 Å². The van der Waals surface area contributed by atoms with Crippen molar-refractivity contribution in [2.45, 2.75) is 32.9 Å². The van der Waals surface area contributed by atoms with Crippen LogP contribution in [0.5, 0.6) is 0 Å². The summed E-state index contributed by atoms with van der Waals surface area (Å²) in [5.41, 5.74) is 1.88. The molecule has 1 aliphatic rings. The summed E-state index contributed by atoms with van der Waals surface area (Å²) in [5.74, 6) is 0.108. The molecule has 2 rings (SSSR count). The number of morpholine rings is 1. The van der Waals surface area contributed by atoms with Gasteiger partial charge in [-0.3, -0.25) is 4.79 Å². The predicted octanol–water partition coefficient (Wildman–Crippen LogP) is 2.24. The predicted molar refractivity (Wildman–Crippen MR) is 67.1 cm³/mol. The molecule has 1 amide bonds. The minimum absolute atomic E-state index is 0.108. The Balaban J connectivity index is 2.19. The van der Waals surface area contributed by atoms with E-state index in [0.717, 1.165) is 11.1 Å². The normalized spacial score (nSPS) is 24.8. The van der Waals surface area contributed by atoms with E-state index in [1.165, 1.54) is 0 Å². The van der Waals surface area contributed by atoms with Crippen molar-refractivity contribution in [3.8, 4) is 0 Å². The topological polar surface area (TPSA) is 29.5 Å². The SMILES string of the molecule is Cc1cccc(C(=O)N2CCOC(C)C2C)c1. The first-order valence-corrected chi connectivity index (χ1v) is 6.09. The van der Waals surface area contributed by atoms with Gasteiger partial charge in [-0.2, -0.15) is 0 Å². The van der Waals surface area contributed by atoms with Crippen LogP contribution in [0.3, 0.4) is 0 Å². The van der Waals surface area contributed by atoms with E-state index in [0.29, 0.717) is 13.2 Å². The Hall–Kier alpha value is -1.35. The van der Waals surface area contributed by atoms with Crippen LogP contribution in [0.1, 0.15) is 29.8 Å². The molecule has 1 saturated heterocycles. The largest absolute Gasteiger partial charge is 0.375 e. The molecule has 1 aliphatic heterocycles. The molecule has 1 heterocycles. The van der Waals surface area contributed by atoms with E-state index >= 15 is 0 Å². The average molecular weight is 233 g/mol. The van der Waals surface area contributed by atoms with E-state index < -0.39 is 0 Å². The molecule has 1 fully saturated rings. The number of nitrogens with zero attached hydrogens (tertiary/aromatic N) is 1. The van der Waals surface area contributed by atoms with Crippen molar-refractivity contribution in [2.75, 3.05) is 13.2 Å². The smallest absolute Gasteiger partial charge is 0.254 e. The van der Waals surface area contributed by atoms with E-state index in [-0.39, 0.29) is 18.1 Å². The summed E-state index contributed by atoms with van der Waals surface area (Å²) in [6, 6.07) is 7.88. The Morgan fingerprint density at radius 3 is 2.88 bits per heavy atom. The minimum Gasteiger partial charge on any atom is -0.375 e. The molecule has 0 aromatic heterocycles. The number of carbonyl (C=O) groups is 1. The second-order valence-electron chi connectivity index (χ2n) is 4.68. The van der Waals surface area contributed by atoms with Gasteiger partial charge in [0.2, 0.25) is 0 Å². The third-order valence-electron chi connectivity index (χ3n) is 3.41. The van der Waals surface area contributed by atoms with E-state index in [1.807, 2.05) is 49.9 Å². The van der Waals surface area contributed by atoms with Crippen LogP contribution in [-0.4, -0.2) is 36.1 Å². The number of carbonyl (C=O) groups excluding carboxylic acids is 1. The third kappa shape index (κ3) is 2.50. The molecular formula is C14H19NO2. The molecule has 0 saturated carbocycles. The number of hydrogen-bond donors (Lipinski definition) is 0. The molecule has 1 aromatic rings. The molecule has 3 nitrogen and oxygen atoms in total. The first-order chi connectivity index (χ1) is 8.09. The van der Waals surface area contributed by atoms with Crippen LogP contribution in [0, 0.1) is 6.92 Å². The number of hydrogen-bond acceptors (Lipinski definition) is 2. The van der Waals surface area contributed by atoms with Gasteiger partial charge < -0.3 is 9.64 Å². The lowest BCUT2D eigenvalue weighted by molar-refractivity contribution is -0.0440. The molecule has 0 N–H and O–H groups in total. The van der Waals surface area contributed by atoms with Crippen LogP contribution >= 0.6 is 0 Å². The Bertz CT molecular complexity index is 416. The number of aryl methyl sites for hydroxylation is 1. The molecule has 0 aliphatic carbocycles. The molecule has 1 aromatic carbocycles. The van der Waals surface area contributed by atoms with Crippen molar-refractivity contribution in [1.29, 1.82) is 0 Å². The van der Waals surface area contributed by atoms with Crippen LogP contribution < -0.4 is 0 Å². The number of benzene rings is 1. The molecule has 0 radical (unpaired) electrons. The number of amides is 1. The van der Waals surface area contributed by atoms with Gasteiger partial charge in [0.1, 0.15) is 0 Å². The van der Waals surface area contributed by atoms with Crippen molar-refractivity contribution in [1.82, 2.24) is 4.90 Å². The molecule has 17 heavy (non-hydrogen) atoms. The van der Waals surface area contributed by atoms with Crippen LogP contribution in [0.4, 0.5) is 0 Å². The van der Waals surface area contributed by atoms with Crippen molar-refractivity contribution in [3.05, 3.63) is 35.4 Å². The zero-order valence-electron chi connectivity index (χ0n) is 10.6. The first-order valence-electron chi connectivity index (χ1n) is 6.09. The minimum atomic E-state index is 0.108. The average Bonchev–Trinajstić information content (AvgIpc) is 2.32. The maximum absolute atomic E-state index is 12.4. The summed E-state index contributed by atoms with van der Waals surface area (Å²) >= 11 is 0. The standard InChI is InChI=1S/C14H19NO2/c1-10-5-4-6-13(9-10)14(16)15-7-8-17-12(3)11(15)2/h4-6,9,11-12H,7-8H2,1-3H3. The van der Waals surface area contributed by atoms with Gasteiger partial charge in [0.05, 0.1) is 18.8 Å². The highest BCUT2D eigenvalue weighted by molar-refractivity contribution is 5.94. The van der Waals surface area contributed by atoms with Crippen molar-refractivity contribution < 1.29 is 9.53 Å². The van der Waals surface area contributed by atoms with Crippen LogP contribution in [0.2, 0.25) is 0 Å². The monoisotopic (exact) mass is 233 g/mol. The fraction of sp³-hybridized carbons (Fsp3) is 0.500. The highest BCUT2D eigenvalue weighted by Gasteiger charge is 2.29. The second-order valence-corrected chi connectivity index (χ2v) is 4.68. The molecule has 3 heteroatoms. The van der Waals surface area contributed by atoms with E-state index in [2.05, 4.69) is 0 Å². The highest BCUT2D eigenvalue weighted by atomic mass is 16.5. The lowest BCUT2D eigenvalue weighted by Crippen LogP contribution is -2.51. The van der Waals surface area contributed by atoms with Gasteiger partial charge in [0, 0.05) is 12.1 Å². The van der Waals surface area contributed by atoms with Crippen LogP contribution in [0.15, 0.2) is 24.3 Å². The second kappa shape index (κ2) is 4.88. The van der Waals surface area contributed by atoms with E-state index in [1.54, 1.807) is 0 Å². The van der Waals surface area contributed by atoms with Gasteiger partial charge in [-0.1, -0.05) is 17.7 Å². The van der Waals surface area contributed by atoms with Crippen LogP contribution in [-0.2, 0) is 4.74 Å². The van der Waals surface area contributed by atoms with Gasteiger partial charge >= 0.3 is 0 Å². The van der Waals surface area contributed by atoms with E-state index in [4.69, 9.17) is 4.74 Å². The Kier molecular flexibility index (Phi) is 3.48. The van der Waals surface area contributed by atoms with Crippen molar-refractivity contribution in [2.24, 2.45) is 0 Å². The Morgan fingerprint density at radius 2 is 2.18 bits per heavy atom. The summed E-state index contributed by atoms with van der Waals surface area (Å²) in [6.07, 6.45) is 0.109. The lowest BCUT2D eigenvalue weighted by Gasteiger charge is -2.37. The zero-order valence-corrected chi connectivity index (χ0v) is 10.6. The number of rotatable bonds is 1. The first kappa shape index (κ1) is 12.1.